The molecule has 0 saturated heterocycles. The number of rotatable bonds is 4. The van der Waals surface area contributed by atoms with Crippen molar-refractivity contribution in [3.8, 4) is 17.4 Å². The molecule has 0 saturated carbocycles. The fourth-order valence-corrected chi connectivity index (χ4v) is 1.93. The van der Waals surface area contributed by atoms with Gasteiger partial charge in [0.15, 0.2) is 5.75 Å². The first-order chi connectivity index (χ1) is 10.2. The van der Waals surface area contributed by atoms with Gasteiger partial charge in [-0.1, -0.05) is 30.4 Å². The van der Waals surface area contributed by atoms with Crippen LogP contribution < -0.4 is 10.5 Å². The minimum atomic E-state index is 0.198. The van der Waals surface area contributed by atoms with Gasteiger partial charge in [-0.3, -0.25) is 4.98 Å². The van der Waals surface area contributed by atoms with E-state index in [1.807, 2.05) is 30.3 Å². The number of nitrogens with two attached hydrogens (primary N) is 1. The average molecular weight is 297 g/mol. The molecule has 0 radical (unpaired) electrons. The van der Waals surface area contributed by atoms with Crippen LogP contribution in [0.15, 0.2) is 55.1 Å². The van der Waals surface area contributed by atoms with Crippen LogP contribution in [0.4, 0.5) is 0 Å². The number of pyridine rings is 1. The molecule has 0 aliphatic heterocycles. The minimum Gasteiger partial charge on any atom is -0.421 e. The molecule has 2 heterocycles. The van der Waals surface area contributed by atoms with Crippen molar-refractivity contribution < 1.29 is 4.74 Å². The van der Waals surface area contributed by atoms with Crippen molar-refractivity contribution >= 4 is 17.2 Å². The first-order valence-electron chi connectivity index (χ1n) is 6.13. The van der Waals surface area contributed by atoms with E-state index in [-0.39, 0.29) is 11.0 Å². The monoisotopic (exact) mass is 297 g/mol. The topological polar surface area (TPSA) is 78.9 Å². The number of hydrogen-bond donors (Lipinski definition) is 1. The van der Waals surface area contributed by atoms with Crippen molar-refractivity contribution in [2.75, 3.05) is 0 Å². The SMILES string of the molecule is NC(=S)c1ccncc1Oc1ncn(-c2ccccc2)n1. The summed E-state index contributed by atoms with van der Waals surface area (Å²) in [7, 11) is 0. The van der Waals surface area contributed by atoms with Crippen molar-refractivity contribution in [1.29, 1.82) is 0 Å². The van der Waals surface area contributed by atoms with E-state index in [2.05, 4.69) is 15.1 Å². The normalized spacial score (nSPS) is 10.3. The number of nitrogens with zero attached hydrogens (tertiary/aromatic N) is 4. The molecule has 104 valence electrons. The zero-order valence-corrected chi connectivity index (χ0v) is 11.7. The molecule has 21 heavy (non-hydrogen) atoms. The van der Waals surface area contributed by atoms with Gasteiger partial charge in [-0.25, -0.2) is 4.68 Å². The van der Waals surface area contributed by atoms with Crippen molar-refractivity contribution in [2.24, 2.45) is 5.73 Å². The van der Waals surface area contributed by atoms with Crippen molar-refractivity contribution in [3.05, 3.63) is 60.7 Å². The molecule has 3 aromatic rings. The lowest BCUT2D eigenvalue weighted by molar-refractivity contribution is 0.438. The predicted molar refractivity (Wildman–Crippen MR) is 81.6 cm³/mol. The number of aromatic nitrogens is 4. The van der Waals surface area contributed by atoms with Crippen molar-refractivity contribution in [1.82, 2.24) is 19.7 Å². The smallest absolute Gasteiger partial charge is 0.341 e. The van der Waals surface area contributed by atoms with Crippen LogP contribution in [0.3, 0.4) is 0 Å². The highest BCUT2D eigenvalue weighted by Crippen LogP contribution is 2.21. The summed E-state index contributed by atoms with van der Waals surface area (Å²) >= 11 is 4.97. The van der Waals surface area contributed by atoms with Crippen LogP contribution in [0.5, 0.6) is 11.8 Å². The van der Waals surface area contributed by atoms with Gasteiger partial charge >= 0.3 is 6.01 Å². The van der Waals surface area contributed by atoms with Crippen LogP contribution in [-0.2, 0) is 0 Å². The highest BCUT2D eigenvalue weighted by Gasteiger charge is 2.10. The van der Waals surface area contributed by atoms with Crippen molar-refractivity contribution in [2.45, 2.75) is 0 Å². The molecule has 0 spiro atoms. The standard InChI is InChI=1S/C14H11N5OS/c15-13(21)11-6-7-16-8-12(11)20-14-17-9-19(18-14)10-4-2-1-3-5-10/h1-9H,(H2,15,21). The van der Waals surface area contributed by atoms with Crippen LogP contribution in [0.25, 0.3) is 5.69 Å². The van der Waals surface area contributed by atoms with E-state index in [4.69, 9.17) is 22.7 Å². The molecule has 2 N–H and O–H groups in total. The molecule has 0 aliphatic rings. The fourth-order valence-electron chi connectivity index (χ4n) is 1.76. The lowest BCUT2D eigenvalue weighted by Gasteiger charge is -2.05. The first-order valence-corrected chi connectivity index (χ1v) is 6.53. The molecule has 7 heteroatoms. The predicted octanol–water partition coefficient (Wildman–Crippen LogP) is 2.09. The molecular weight excluding hydrogens is 286 g/mol. The second-order valence-corrected chi connectivity index (χ2v) is 4.59. The second kappa shape index (κ2) is 5.68. The fraction of sp³-hybridized carbons (Fsp3) is 0. The summed E-state index contributed by atoms with van der Waals surface area (Å²) in [6.07, 6.45) is 4.69. The van der Waals surface area contributed by atoms with Crippen LogP contribution in [0, 0.1) is 0 Å². The summed E-state index contributed by atoms with van der Waals surface area (Å²) in [5, 5.41) is 4.25. The Hall–Kier alpha value is -2.80. The van der Waals surface area contributed by atoms with E-state index in [1.54, 1.807) is 23.3 Å². The van der Waals surface area contributed by atoms with E-state index >= 15 is 0 Å². The Morgan fingerprint density at radius 1 is 1.19 bits per heavy atom. The number of hydrogen-bond acceptors (Lipinski definition) is 5. The van der Waals surface area contributed by atoms with E-state index < -0.39 is 0 Å². The molecule has 2 aromatic heterocycles. The molecule has 0 bridgehead atoms. The highest BCUT2D eigenvalue weighted by atomic mass is 32.1. The maximum atomic E-state index is 5.64. The maximum absolute atomic E-state index is 5.64. The number of benzene rings is 1. The zero-order valence-electron chi connectivity index (χ0n) is 10.9. The summed E-state index contributed by atoms with van der Waals surface area (Å²) in [4.78, 5) is 8.32. The summed E-state index contributed by atoms with van der Waals surface area (Å²) in [6, 6.07) is 11.5. The van der Waals surface area contributed by atoms with Gasteiger partial charge in [-0.15, -0.1) is 5.10 Å². The van der Waals surface area contributed by atoms with Crippen LogP contribution in [0.2, 0.25) is 0 Å². The Labute approximate surface area is 126 Å². The third kappa shape index (κ3) is 2.87. The molecule has 0 fully saturated rings. The van der Waals surface area contributed by atoms with Gasteiger partial charge in [0.05, 0.1) is 17.4 Å². The van der Waals surface area contributed by atoms with Gasteiger partial charge in [0.2, 0.25) is 0 Å². The summed E-state index contributed by atoms with van der Waals surface area (Å²) in [6.45, 7) is 0. The van der Waals surface area contributed by atoms with E-state index in [9.17, 15) is 0 Å². The summed E-state index contributed by atoms with van der Waals surface area (Å²) < 4.78 is 7.22. The van der Waals surface area contributed by atoms with Gasteiger partial charge in [-0.05, 0) is 18.2 Å². The van der Waals surface area contributed by atoms with Crippen LogP contribution >= 0.6 is 12.2 Å². The largest absolute Gasteiger partial charge is 0.421 e. The Kier molecular flexibility index (Phi) is 3.57. The first kappa shape index (κ1) is 13.2. The molecule has 6 nitrogen and oxygen atoms in total. The number of ether oxygens (including phenoxy) is 1. The third-order valence-electron chi connectivity index (χ3n) is 2.74. The molecular formula is C14H11N5OS. The van der Waals surface area contributed by atoms with E-state index in [1.165, 1.54) is 6.20 Å². The Morgan fingerprint density at radius 3 is 2.76 bits per heavy atom. The van der Waals surface area contributed by atoms with Gasteiger partial charge in [-0.2, -0.15) is 4.98 Å². The molecule has 0 aliphatic carbocycles. The number of para-hydroxylation sites is 1. The Morgan fingerprint density at radius 2 is 2.00 bits per heavy atom. The Bertz CT molecular complexity index is 772. The van der Waals surface area contributed by atoms with Gasteiger partial charge in [0, 0.05) is 6.20 Å². The second-order valence-electron chi connectivity index (χ2n) is 4.15. The molecule has 1 aromatic carbocycles. The van der Waals surface area contributed by atoms with Gasteiger partial charge < -0.3 is 10.5 Å². The van der Waals surface area contributed by atoms with Crippen molar-refractivity contribution in [3.63, 3.8) is 0 Å². The third-order valence-corrected chi connectivity index (χ3v) is 2.96. The van der Waals surface area contributed by atoms with Gasteiger partial charge in [0.1, 0.15) is 11.3 Å². The quantitative estimate of drug-likeness (QED) is 0.743. The minimum absolute atomic E-state index is 0.198. The van der Waals surface area contributed by atoms with E-state index in [0.717, 1.165) is 5.69 Å². The molecule has 0 unspecified atom stereocenters. The van der Waals surface area contributed by atoms with E-state index in [0.29, 0.717) is 11.3 Å². The Balaban J connectivity index is 1.87. The van der Waals surface area contributed by atoms with Crippen LogP contribution in [0.1, 0.15) is 5.56 Å². The molecule has 0 amide bonds. The lowest BCUT2D eigenvalue weighted by Crippen LogP contribution is -2.11. The summed E-state index contributed by atoms with van der Waals surface area (Å²) in [5.74, 6) is 0.427. The highest BCUT2D eigenvalue weighted by molar-refractivity contribution is 7.80. The van der Waals surface area contributed by atoms with Crippen LogP contribution in [-0.4, -0.2) is 24.7 Å². The molecule has 3 rings (SSSR count). The molecule has 0 atom stereocenters. The average Bonchev–Trinajstić information content (AvgIpc) is 2.97. The van der Waals surface area contributed by atoms with Gasteiger partial charge in [0.25, 0.3) is 0 Å². The summed E-state index contributed by atoms with van der Waals surface area (Å²) in [5.41, 5.74) is 7.13. The zero-order chi connectivity index (χ0) is 14.7. The maximum Gasteiger partial charge on any atom is 0.341 e. The lowest BCUT2D eigenvalue weighted by atomic mass is 10.2. The number of thiocarbonyl (C=S) groups is 1.